The molecule has 1 saturated carbocycles. The summed E-state index contributed by atoms with van der Waals surface area (Å²) in [4.78, 5) is 0. The Morgan fingerprint density at radius 2 is 1.33 bits per heavy atom. The third kappa shape index (κ3) is 7.12. The minimum atomic E-state index is -1.25. The minimum absolute atomic E-state index is 0.0914. The Morgan fingerprint density at radius 3 is 1.97 bits per heavy atom. The van der Waals surface area contributed by atoms with Gasteiger partial charge < -0.3 is 4.74 Å². The fraction of sp³-hybridized carbons (Fsp3) is 0.412. The van der Waals surface area contributed by atoms with Crippen molar-refractivity contribution in [3.05, 3.63) is 101 Å². The Kier molecular flexibility index (Phi) is 10.2. The lowest BCUT2D eigenvalue weighted by molar-refractivity contribution is 0.314. The molecule has 0 saturated heterocycles. The summed E-state index contributed by atoms with van der Waals surface area (Å²) in [7, 11) is 0. The highest BCUT2D eigenvalue weighted by molar-refractivity contribution is 5.66. The normalized spacial score (nSPS) is 17.6. The smallest absolute Gasteiger partial charge is 0.201 e. The molecular formula is C34H38F4O. The van der Waals surface area contributed by atoms with Gasteiger partial charge in [0.15, 0.2) is 23.2 Å². The lowest BCUT2D eigenvalue weighted by Gasteiger charge is -2.27. The maximum Gasteiger partial charge on any atom is 0.201 e. The Balaban J connectivity index is 1.32. The molecule has 39 heavy (non-hydrogen) atoms. The van der Waals surface area contributed by atoms with E-state index in [0.29, 0.717) is 11.5 Å². The molecule has 208 valence electrons. The average Bonchev–Trinajstić information content (AvgIpc) is 2.95. The van der Waals surface area contributed by atoms with E-state index < -0.39 is 23.3 Å². The fourth-order valence-corrected chi connectivity index (χ4v) is 5.51. The molecule has 0 atom stereocenters. The van der Waals surface area contributed by atoms with Gasteiger partial charge in [-0.25, -0.2) is 13.2 Å². The summed E-state index contributed by atoms with van der Waals surface area (Å²) in [6, 6.07) is 14.3. The first kappa shape index (κ1) is 28.9. The maximum atomic E-state index is 15.1. The molecule has 1 aliphatic rings. The number of halogens is 4. The molecule has 0 amide bonds. The quantitative estimate of drug-likeness (QED) is 0.174. The number of allylic oxidation sites excluding steroid dienone is 2. The van der Waals surface area contributed by atoms with E-state index in [1.54, 1.807) is 6.92 Å². The summed E-state index contributed by atoms with van der Waals surface area (Å²) >= 11 is 0. The van der Waals surface area contributed by atoms with Crippen molar-refractivity contribution in [1.29, 1.82) is 0 Å². The molecule has 1 aliphatic carbocycles. The first-order chi connectivity index (χ1) is 18.9. The number of hydrogen-bond acceptors (Lipinski definition) is 1. The SMILES string of the molecule is CCCCc1ccc(CCC=CC2CCC(c3ccc(-c4ccc(OCC)c(F)c4F)c(F)c3F)CC2)cc1. The van der Waals surface area contributed by atoms with Gasteiger partial charge in [0, 0.05) is 11.1 Å². The highest BCUT2D eigenvalue weighted by atomic mass is 19.2. The van der Waals surface area contributed by atoms with E-state index in [9.17, 15) is 8.78 Å². The zero-order valence-electron chi connectivity index (χ0n) is 22.9. The molecule has 3 aromatic carbocycles. The lowest BCUT2D eigenvalue weighted by Crippen LogP contribution is -2.14. The number of rotatable bonds is 11. The predicted octanol–water partition coefficient (Wildman–Crippen LogP) is 10.1. The van der Waals surface area contributed by atoms with Gasteiger partial charge in [0.1, 0.15) is 0 Å². The van der Waals surface area contributed by atoms with E-state index in [0.717, 1.165) is 44.9 Å². The highest BCUT2D eigenvalue weighted by Gasteiger charge is 2.27. The van der Waals surface area contributed by atoms with Gasteiger partial charge in [0.25, 0.3) is 0 Å². The molecule has 0 unspecified atom stereocenters. The van der Waals surface area contributed by atoms with Crippen LogP contribution in [0.15, 0.2) is 60.7 Å². The number of unbranched alkanes of at least 4 members (excludes halogenated alkanes) is 1. The van der Waals surface area contributed by atoms with Crippen LogP contribution < -0.4 is 4.74 Å². The molecule has 5 heteroatoms. The Bertz CT molecular complexity index is 1260. The fourth-order valence-electron chi connectivity index (χ4n) is 5.51. The first-order valence-electron chi connectivity index (χ1n) is 14.3. The molecule has 0 heterocycles. The second kappa shape index (κ2) is 13.8. The van der Waals surface area contributed by atoms with Crippen LogP contribution in [0.3, 0.4) is 0 Å². The standard InChI is InChI=1S/C34H38F4O/c1-3-5-8-23-11-13-24(14-12-23)9-6-7-10-25-15-17-26(18-16-25)27-19-20-28(32(36)31(27)35)29-21-22-30(39-4-2)34(38)33(29)37/h7,10-14,19-22,25-26H,3-6,8-9,15-18H2,1-2H3. The lowest BCUT2D eigenvalue weighted by atomic mass is 9.78. The van der Waals surface area contributed by atoms with E-state index in [-0.39, 0.29) is 29.4 Å². The van der Waals surface area contributed by atoms with Crippen molar-refractivity contribution in [3.8, 4) is 16.9 Å². The first-order valence-corrected chi connectivity index (χ1v) is 14.3. The number of benzene rings is 3. The molecule has 4 rings (SSSR count). The van der Waals surface area contributed by atoms with Crippen LogP contribution in [0.1, 0.15) is 81.4 Å². The van der Waals surface area contributed by atoms with Crippen molar-refractivity contribution in [2.75, 3.05) is 6.61 Å². The Labute approximate surface area is 229 Å². The maximum absolute atomic E-state index is 15.1. The summed E-state index contributed by atoms with van der Waals surface area (Å²) in [6.07, 6.45) is 13.4. The number of ether oxygens (including phenoxy) is 1. The third-order valence-corrected chi connectivity index (χ3v) is 7.81. The van der Waals surface area contributed by atoms with Crippen LogP contribution >= 0.6 is 0 Å². The summed E-state index contributed by atoms with van der Waals surface area (Å²) in [5.41, 5.74) is 2.45. The van der Waals surface area contributed by atoms with E-state index in [1.165, 1.54) is 48.2 Å². The Morgan fingerprint density at radius 1 is 0.718 bits per heavy atom. The summed E-state index contributed by atoms with van der Waals surface area (Å²) in [5, 5.41) is 0. The van der Waals surface area contributed by atoms with E-state index in [1.807, 2.05) is 0 Å². The van der Waals surface area contributed by atoms with Gasteiger partial charge in [0.2, 0.25) is 5.82 Å². The molecule has 0 spiro atoms. The summed E-state index contributed by atoms with van der Waals surface area (Å²) < 4.78 is 64.1. The van der Waals surface area contributed by atoms with E-state index >= 15 is 8.78 Å². The highest BCUT2D eigenvalue weighted by Crippen LogP contribution is 2.40. The van der Waals surface area contributed by atoms with Crippen molar-refractivity contribution in [1.82, 2.24) is 0 Å². The van der Waals surface area contributed by atoms with Gasteiger partial charge in [-0.15, -0.1) is 0 Å². The van der Waals surface area contributed by atoms with Crippen LogP contribution in [0.25, 0.3) is 11.1 Å². The zero-order chi connectivity index (χ0) is 27.8. The van der Waals surface area contributed by atoms with Gasteiger partial charge in [-0.1, -0.05) is 61.9 Å². The molecule has 0 N–H and O–H groups in total. The van der Waals surface area contributed by atoms with Crippen molar-refractivity contribution in [3.63, 3.8) is 0 Å². The molecule has 1 nitrogen and oxygen atoms in total. The second-order valence-electron chi connectivity index (χ2n) is 10.5. The van der Waals surface area contributed by atoms with Crippen LogP contribution in [0.5, 0.6) is 5.75 Å². The zero-order valence-corrected chi connectivity index (χ0v) is 22.9. The second-order valence-corrected chi connectivity index (χ2v) is 10.5. The molecule has 0 aliphatic heterocycles. The molecule has 0 bridgehead atoms. The van der Waals surface area contributed by atoms with Crippen molar-refractivity contribution in [2.24, 2.45) is 5.92 Å². The van der Waals surface area contributed by atoms with Crippen molar-refractivity contribution in [2.45, 2.75) is 77.6 Å². The predicted molar refractivity (Wildman–Crippen MR) is 150 cm³/mol. The van der Waals surface area contributed by atoms with Gasteiger partial charge in [-0.05, 0) is 98.9 Å². The van der Waals surface area contributed by atoms with Crippen LogP contribution in [0.4, 0.5) is 17.6 Å². The van der Waals surface area contributed by atoms with Gasteiger partial charge >= 0.3 is 0 Å². The molecule has 0 radical (unpaired) electrons. The van der Waals surface area contributed by atoms with Gasteiger partial charge in [-0.3, -0.25) is 0 Å². The van der Waals surface area contributed by atoms with Gasteiger partial charge in [0.05, 0.1) is 6.61 Å². The largest absolute Gasteiger partial charge is 0.491 e. The molecule has 3 aromatic rings. The van der Waals surface area contributed by atoms with Crippen LogP contribution in [0, 0.1) is 29.2 Å². The summed E-state index contributed by atoms with van der Waals surface area (Å²) in [5.74, 6) is -4.47. The van der Waals surface area contributed by atoms with Crippen LogP contribution in [0.2, 0.25) is 0 Å². The van der Waals surface area contributed by atoms with Crippen LogP contribution in [-0.2, 0) is 12.8 Å². The van der Waals surface area contributed by atoms with E-state index in [4.69, 9.17) is 4.74 Å². The topological polar surface area (TPSA) is 9.23 Å². The third-order valence-electron chi connectivity index (χ3n) is 7.81. The molecule has 0 aromatic heterocycles. The van der Waals surface area contributed by atoms with Crippen molar-refractivity contribution < 1.29 is 22.3 Å². The monoisotopic (exact) mass is 538 g/mol. The van der Waals surface area contributed by atoms with Crippen molar-refractivity contribution >= 4 is 0 Å². The molecule has 1 fully saturated rings. The molecular weight excluding hydrogens is 500 g/mol. The van der Waals surface area contributed by atoms with E-state index in [2.05, 4.69) is 43.3 Å². The minimum Gasteiger partial charge on any atom is -0.491 e. The number of aryl methyl sites for hydroxylation is 2. The Hall–Kier alpha value is -3.08. The van der Waals surface area contributed by atoms with Crippen LogP contribution in [-0.4, -0.2) is 6.61 Å². The average molecular weight is 539 g/mol. The number of hydrogen-bond donors (Lipinski definition) is 0. The summed E-state index contributed by atoms with van der Waals surface area (Å²) in [6.45, 7) is 4.03. The van der Waals surface area contributed by atoms with Gasteiger partial charge in [-0.2, -0.15) is 4.39 Å².